The van der Waals surface area contributed by atoms with Crippen molar-refractivity contribution >= 4 is 16.9 Å². The number of carbonyl (C=O) groups is 1. The summed E-state index contributed by atoms with van der Waals surface area (Å²) < 4.78 is 27.7. The highest BCUT2D eigenvalue weighted by molar-refractivity contribution is 5.94. The van der Waals surface area contributed by atoms with E-state index in [1.54, 1.807) is 18.2 Å². The zero-order valence-electron chi connectivity index (χ0n) is 19.6. The first-order valence-corrected chi connectivity index (χ1v) is 10.5. The lowest BCUT2D eigenvalue weighted by Gasteiger charge is -2.14. The van der Waals surface area contributed by atoms with Gasteiger partial charge < -0.3 is 23.4 Å². The van der Waals surface area contributed by atoms with Gasteiger partial charge in [0.15, 0.2) is 17.3 Å². The quantitative estimate of drug-likeness (QED) is 0.360. The molecule has 4 aromatic rings. The predicted octanol–water partition coefficient (Wildman–Crippen LogP) is 5.32. The van der Waals surface area contributed by atoms with E-state index in [9.17, 15) is 9.59 Å². The van der Waals surface area contributed by atoms with E-state index in [4.69, 9.17) is 23.4 Å². The van der Waals surface area contributed by atoms with Crippen molar-refractivity contribution < 1.29 is 28.2 Å². The first-order valence-electron chi connectivity index (χ1n) is 10.5. The third-order valence-electron chi connectivity index (χ3n) is 5.42. The summed E-state index contributed by atoms with van der Waals surface area (Å²) in [6.07, 6.45) is 0. The molecule has 0 radical (unpaired) electrons. The molecule has 0 aliphatic rings. The van der Waals surface area contributed by atoms with Crippen LogP contribution in [0.2, 0.25) is 0 Å². The van der Waals surface area contributed by atoms with Crippen molar-refractivity contribution in [1.29, 1.82) is 0 Å². The molecule has 34 heavy (non-hydrogen) atoms. The Labute approximate surface area is 196 Å². The van der Waals surface area contributed by atoms with E-state index < -0.39 is 11.4 Å². The van der Waals surface area contributed by atoms with Gasteiger partial charge in [0.25, 0.3) is 0 Å². The Morgan fingerprint density at radius 1 is 0.765 bits per heavy atom. The first-order chi connectivity index (χ1) is 16.4. The Morgan fingerprint density at radius 2 is 1.38 bits per heavy atom. The topological polar surface area (TPSA) is 84.2 Å². The second-order valence-electron chi connectivity index (χ2n) is 7.76. The molecule has 0 fully saturated rings. The highest BCUT2D eigenvalue weighted by atomic mass is 16.5. The van der Waals surface area contributed by atoms with Crippen LogP contribution in [0.1, 0.15) is 21.5 Å². The van der Waals surface area contributed by atoms with E-state index in [1.165, 1.54) is 33.5 Å². The molecule has 0 aliphatic heterocycles. The molecular formula is C27H24O7. The highest BCUT2D eigenvalue weighted by Crippen LogP contribution is 2.39. The van der Waals surface area contributed by atoms with Crippen LogP contribution >= 0.6 is 0 Å². The van der Waals surface area contributed by atoms with Crippen molar-refractivity contribution in [2.75, 3.05) is 21.3 Å². The zero-order chi connectivity index (χ0) is 24.4. The van der Waals surface area contributed by atoms with Crippen LogP contribution in [0.15, 0.2) is 63.8 Å². The van der Waals surface area contributed by atoms with Gasteiger partial charge >= 0.3 is 5.97 Å². The molecule has 0 aliphatic carbocycles. The van der Waals surface area contributed by atoms with Crippen LogP contribution in [0.3, 0.4) is 0 Å². The molecule has 7 heteroatoms. The molecule has 0 spiro atoms. The third-order valence-corrected chi connectivity index (χ3v) is 5.42. The van der Waals surface area contributed by atoms with Crippen LogP contribution in [0.5, 0.6) is 23.0 Å². The SMILES string of the molecule is COc1cc(C(=O)Oc2c(-c3ccc(C)cc3)oc3cc(C)ccc3c2=O)cc(OC)c1OC. The number of fused-ring (bicyclic) bond motifs is 1. The Balaban J connectivity index is 1.87. The van der Waals surface area contributed by atoms with Gasteiger partial charge in [0, 0.05) is 5.56 Å². The molecule has 7 nitrogen and oxygen atoms in total. The number of hydrogen-bond donors (Lipinski definition) is 0. The monoisotopic (exact) mass is 460 g/mol. The van der Waals surface area contributed by atoms with E-state index in [0.29, 0.717) is 22.3 Å². The fourth-order valence-electron chi connectivity index (χ4n) is 3.62. The van der Waals surface area contributed by atoms with Crippen molar-refractivity contribution in [2.45, 2.75) is 13.8 Å². The van der Waals surface area contributed by atoms with Crippen molar-refractivity contribution in [2.24, 2.45) is 0 Å². The van der Waals surface area contributed by atoms with Gasteiger partial charge in [0.1, 0.15) is 5.58 Å². The van der Waals surface area contributed by atoms with Crippen LogP contribution in [-0.4, -0.2) is 27.3 Å². The summed E-state index contributed by atoms with van der Waals surface area (Å²) in [5.74, 6) is 0.110. The lowest BCUT2D eigenvalue weighted by Crippen LogP contribution is -2.16. The maximum atomic E-state index is 13.4. The summed E-state index contributed by atoms with van der Waals surface area (Å²) in [7, 11) is 4.36. The normalized spacial score (nSPS) is 10.7. The molecule has 0 amide bonds. The molecule has 3 aromatic carbocycles. The molecule has 1 aromatic heterocycles. The summed E-state index contributed by atoms with van der Waals surface area (Å²) in [4.78, 5) is 26.6. The lowest BCUT2D eigenvalue weighted by molar-refractivity contribution is 0.0730. The number of hydrogen-bond acceptors (Lipinski definition) is 7. The minimum absolute atomic E-state index is 0.118. The Bertz CT molecular complexity index is 1410. The minimum atomic E-state index is -0.772. The van der Waals surface area contributed by atoms with Crippen molar-refractivity contribution in [1.82, 2.24) is 0 Å². The van der Waals surface area contributed by atoms with Crippen LogP contribution in [-0.2, 0) is 0 Å². The molecule has 1 heterocycles. The summed E-state index contributed by atoms with van der Waals surface area (Å²) in [5, 5.41) is 0.314. The lowest BCUT2D eigenvalue weighted by atomic mass is 10.1. The summed E-state index contributed by atoms with van der Waals surface area (Å²) in [6, 6.07) is 15.6. The van der Waals surface area contributed by atoms with E-state index in [0.717, 1.165) is 11.1 Å². The standard InChI is InChI=1S/C27H24O7/c1-15-6-9-17(10-7-15)24-26(23(28)19-11-8-16(2)12-20(19)33-24)34-27(29)18-13-21(30-3)25(32-5)22(14-18)31-4/h6-14H,1-5H3. The zero-order valence-corrected chi connectivity index (χ0v) is 19.6. The smallest absolute Gasteiger partial charge is 0.344 e. The average molecular weight is 460 g/mol. The van der Waals surface area contributed by atoms with E-state index in [2.05, 4.69) is 0 Å². The Kier molecular flexibility index (Phi) is 6.27. The minimum Gasteiger partial charge on any atom is -0.493 e. The fraction of sp³-hybridized carbons (Fsp3) is 0.185. The van der Waals surface area contributed by atoms with Gasteiger partial charge in [-0.15, -0.1) is 0 Å². The second kappa shape index (κ2) is 9.31. The number of aryl methyl sites for hydroxylation is 2. The number of benzene rings is 3. The molecule has 174 valence electrons. The summed E-state index contributed by atoms with van der Waals surface area (Å²) in [5.41, 5.74) is 2.67. The molecule has 0 saturated carbocycles. The van der Waals surface area contributed by atoms with E-state index in [1.807, 2.05) is 38.1 Å². The van der Waals surface area contributed by atoms with Crippen LogP contribution < -0.4 is 24.4 Å². The number of carbonyl (C=O) groups excluding carboxylic acids is 1. The van der Waals surface area contributed by atoms with Gasteiger partial charge in [-0.25, -0.2) is 4.79 Å². The average Bonchev–Trinajstić information content (AvgIpc) is 2.84. The Hall–Kier alpha value is -4.26. The number of methoxy groups -OCH3 is 3. The van der Waals surface area contributed by atoms with Gasteiger partial charge in [-0.1, -0.05) is 35.9 Å². The maximum absolute atomic E-state index is 13.4. The molecule has 4 rings (SSSR count). The maximum Gasteiger partial charge on any atom is 0.344 e. The summed E-state index contributed by atoms with van der Waals surface area (Å²) in [6.45, 7) is 3.86. The third kappa shape index (κ3) is 4.20. The van der Waals surface area contributed by atoms with Crippen LogP contribution in [0, 0.1) is 13.8 Å². The largest absolute Gasteiger partial charge is 0.493 e. The van der Waals surface area contributed by atoms with Gasteiger partial charge in [0.2, 0.25) is 16.9 Å². The van der Waals surface area contributed by atoms with E-state index in [-0.39, 0.29) is 28.6 Å². The van der Waals surface area contributed by atoms with Crippen LogP contribution in [0.4, 0.5) is 0 Å². The second-order valence-corrected chi connectivity index (χ2v) is 7.76. The van der Waals surface area contributed by atoms with Crippen LogP contribution in [0.25, 0.3) is 22.3 Å². The number of ether oxygens (including phenoxy) is 4. The van der Waals surface area contributed by atoms with Gasteiger partial charge in [-0.3, -0.25) is 4.79 Å². The van der Waals surface area contributed by atoms with Gasteiger partial charge in [-0.2, -0.15) is 0 Å². The fourth-order valence-corrected chi connectivity index (χ4v) is 3.62. The molecule has 0 N–H and O–H groups in total. The molecule has 0 atom stereocenters. The van der Waals surface area contributed by atoms with Gasteiger partial charge in [0.05, 0.1) is 32.3 Å². The number of rotatable bonds is 6. The highest BCUT2D eigenvalue weighted by Gasteiger charge is 2.24. The molecule has 0 unspecified atom stereocenters. The Morgan fingerprint density at radius 3 is 1.97 bits per heavy atom. The van der Waals surface area contributed by atoms with E-state index >= 15 is 0 Å². The molecule has 0 saturated heterocycles. The van der Waals surface area contributed by atoms with Gasteiger partial charge in [-0.05, 0) is 43.7 Å². The summed E-state index contributed by atoms with van der Waals surface area (Å²) >= 11 is 0. The van der Waals surface area contributed by atoms with Crippen molar-refractivity contribution in [3.63, 3.8) is 0 Å². The molecule has 0 bridgehead atoms. The predicted molar refractivity (Wildman–Crippen MR) is 128 cm³/mol. The van der Waals surface area contributed by atoms with Crippen molar-refractivity contribution in [3.8, 4) is 34.3 Å². The van der Waals surface area contributed by atoms with Crippen molar-refractivity contribution in [3.05, 3.63) is 81.5 Å². The number of esters is 1. The molecular weight excluding hydrogens is 436 g/mol. The first kappa shape index (κ1) is 22.9.